The Morgan fingerprint density at radius 3 is 2.86 bits per heavy atom. The molecule has 0 radical (unpaired) electrons. The van der Waals surface area contributed by atoms with Crippen LogP contribution in [0.15, 0.2) is 53.4 Å². The van der Waals surface area contributed by atoms with Crippen LogP contribution >= 0.6 is 0 Å². The van der Waals surface area contributed by atoms with Crippen molar-refractivity contribution in [3.05, 3.63) is 48.4 Å². The van der Waals surface area contributed by atoms with Crippen molar-refractivity contribution >= 4 is 28.5 Å². The molecular formula is C21H26N5O2+. The number of hydrogen-bond donors (Lipinski definition) is 2. The fourth-order valence-electron chi connectivity index (χ4n) is 3.88. The predicted octanol–water partition coefficient (Wildman–Crippen LogP) is 3.03. The Kier molecular flexibility index (Phi) is 5.00. The minimum atomic E-state index is -0.242. The van der Waals surface area contributed by atoms with E-state index in [9.17, 15) is 9.90 Å². The average Bonchev–Trinajstić information content (AvgIpc) is 3.02. The molecule has 2 aromatic rings. The van der Waals surface area contributed by atoms with Gasteiger partial charge in [-0.1, -0.05) is 6.07 Å². The highest BCUT2D eigenvalue weighted by molar-refractivity contribution is 6.19. The number of rotatable bonds is 5. The molecule has 0 aromatic carbocycles. The lowest BCUT2D eigenvalue weighted by atomic mass is 10.1. The van der Waals surface area contributed by atoms with Gasteiger partial charge in [0, 0.05) is 12.3 Å². The predicted molar refractivity (Wildman–Crippen MR) is 110 cm³/mol. The molecule has 4 rings (SSSR count). The number of aliphatic imine (C=N–C) groups is 1. The first kappa shape index (κ1) is 18.4. The lowest BCUT2D eigenvalue weighted by Crippen LogP contribution is -2.50. The number of nitrogens with zero attached hydrogens (tertiary/aromatic N) is 4. The molecule has 1 aliphatic heterocycles. The molecule has 146 valence electrons. The number of aliphatic hydroxyl groups excluding tert-OH is 1. The molecule has 0 unspecified atom stereocenters. The number of aliphatic hydroxyl groups is 1. The fourth-order valence-corrected chi connectivity index (χ4v) is 3.88. The number of hydrogen-bond acceptors (Lipinski definition) is 5. The highest BCUT2D eigenvalue weighted by Crippen LogP contribution is 2.31. The van der Waals surface area contributed by atoms with E-state index in [0.717, 1.165) is 23.1 Å². The smallest absolute Gasteiger partial charge is 0.182 e. The van der Waals surface area contributed by atoms with E-state index in [1.165, 1.54) is 50.6 Å². The summed E-state index contributed by atoms with van der Waals surface area (Å²) in [4.78, 5) is 16.0. The molecule has 1 saturated heterocycles. The van der Waals surface area contributed by atoms with Crippen molar-refractivity contribution in [1.29, 1.82) is 0 Å². The number of ketones is 1. The molecule has 0 bridgehead atoms. The molecule has 3 heterocycles. The summed E-state index contributed by atoms with van der Waals surface area (Å²) in [6.07, 6.45) is 9.91. The number of likely N-dealkylation sites (N-methyl/N-ethyl adjacent to an activating group) is 1. The Morgan fingerprint density at radius 1 is 1.25 bits per heavy atom. The van der Waals surface area contributed by atoms with Gasteiger partial charge in [-0.15, -0.1) is 5.10 Å². The van der Waals surface area contributed by atoms with E-state index in [4.69, 9.17) is 0 Å². The molecule has 2 aliphatic rings. The lowest BCUT2D eigenvalue weighted by molar-refractivity contribution is -0.912. The standard InChI is InChI=1S/C21H25N5O2/c1-26(12-5-2-6-13-26)14-10-22-21-20(18-7-3-4-11-25(18)24-21)23-17-9-8-16(27)15-19(17)28/h3-4,7-9,11,15H,2,5-6,10,12-14H2,1H3,(H-,22,24,27,28)/p+1. The monoisotopic (exact) mass is 380 g/mol. The second-order valence-corrected chi connectivity index (χ2v) is 7.77. The Morgan fingerprint density at radius 2 is 2.07 bits per heavy atom. The molecule has 28 heavy (non-hydrogen) atoms. The number of carbonyl (C=O) groups is 1. The molecular weight excluding hydrogens is 354 g/mol. The van der Waals surface area contributed by atoms with Gasteiger partial charge in [0.25, 0.3) is 0 Å². The Labute approximate surface area is 164 Å². The van der Waals surface area contributed by atoms with Crippen LogP contribution in [0.3, 0.4) is 0 Å². The van der Waals surface area contributed by atoms with Crippen molar-refractivity contribution < 1.29 is 14.4 Å². The number of quaternary nitrogens is 1. The number of pyridine rings is 1. The van der Waals surface area contributed by atoms with Crippen molar-refractivity contribution in [2.45, 2.75) is 19.3 Å². The SMILES string of the molecule is C[N+]1(CCNc2nn3ccccc3c2N=C2C=CC(=O)C=C2O)CCCCC1. The third-order valence-electron chi connectivity index (χ3n) is 5.53. The van der Waals surface area contributed by atoms with Gasteiger partial charge < -0.3 is 14.9 Å². The zero-order chi connectivity index (χ0) is 19.6. The van der Waals surface area contributed by atoms with Crippen molar-refractivity contribution in [3.8, 4) is 0 Å². The largest absolute Gasteiger partial charge is 0.506 e. The van der Waals surface area contributed by atoms with Gasteiger partial charge in [0.2, 0.25) is 0 Å². The molecule has 7 heteroatoms. The minimum absolute atomic E-state index is 0.125. The molecule has 0 spiro atoms. The van der Waals surface area contributed by atoms with Crippen molar-refractivity contribution in [2.24, 2.45) is 4.99 Å². The van der Waals surface area contributed by atoms with Gasteiger partial charge in [-0.3, -0.25) is 4.79 Å². The molecule has 0 amide bonds. The second-order valence-electron chi connectivity index (χ2n) is 7.77. The highest BCUT2D eigenvalue weighted by Gasteiger charge is 2.24. The van der Waals surface area contributed by atoms with Crippen molar-refractivity contribution in [3.63, 3.8) is 0 Å². The molecule has 7 nitrogen and oxygen atoms in total. The van der Waals surface area contributed by atoms with E-state index in [0.29, 0.717) is 17.2 Å². The summed E-state index contributed by atoms with van der Waals surface area (Å²) in [5.41, 5.74) is 1.86. The first-order valence-corrected chi connectivity index (χ1v) is 9.81. The summed E-state index contributed by atoms with van der Waals surface area (Å²) in [6.45, 7) is 4.27. The first-order chi connectivity index (χ1) is 13.5. The van der Waals surface area contributed by atoms with Crippen LogP contribution in [0.25, 0.3) is 5.52 Å². The van der Waals surface area contributed by atoms with E-state index < -0.39 is 0 Å². The van der Waals surface area contributed by atoms with E-state index in [-0.39, 0.29) is 11.5 Å². The quantitative estimate of drug-likeness (QED) is 0.617. The van der Waals surface area contributed by atoms with Gasteiger partial charge >= 0.3 is 0 Å². The topological polar surface area (TPSA) is 79.0 Å². The number of allylic oxidation sites excluding steroid dienone is 3. The van der Waals surface area contributed by atoms with Crippen LogP contribution in [-0.2, 0) is 4.79 Å². The molecule has 2 aromatic heterocycles. The fraction of sp³-hybridized carbons (Fsp3) is 0.381. The lowest BCUT2D eigenvalue weighted by Gasteiger charge is -2.37. The normalized spacial score (nSPS) is 20.5. The van der Waals surface area contributed by atoms with E-state index in [2.05, 4.69) is 22.5 Å². The zero-order valence-electron chi connectivity index (χ0n) is 16.1. The zero-order valence-corrected chi connectivity index (χ0v) is 16.1. The van der Waals surface area contributed by atoms with Crippen LogP contribution < -0.4 is 5.32 Å². The number of piperidine rings is 1. The third kappa shape index (κ3) is 3.84. The number of likely N-dealkylation sites (tertiary alicyclic amines) is 1. The molecule has 1 aliphatic carbocycles. The van der Waals surface area contributed by atoms with Gasteiger partial charge in [-0.25, -0.2) is 9.51 Å². The maximum atomic E-state index is 11.4. The van der Waals surface area contributed by atoms with Crippen LogP contribution in [0.1, 0.15) is 19.3 Å². The van der Waals surface area contributed by atoms with Crippen LogP contribution in [-0.4, -0.2) is 63.9 Å². The summed E-state index contributed by atoms with van der Waals surface area (Å²) in [5.74, 6) is 0.314. The van der Waals surface area contributed by atoms with Crippen LogP contribution in [0.4, 0.5) is 11.5 Å². The summed E-state index contributed by atoms with van der Waals surface area (Å²) < 4.78 is 2.86. The maximum Gasteiger partial charge on any atom is 0.182 e. The van der Waals surface area contributed by atoms with Gasteiger partial charge in [-0.2, -0.15) is 0 Å². The van der Waals surface area contributed by atoms with Crippen molar-refractivity contribution in [1.82, 2.24) is 9.61 Å². The maximum absolute atomic E-state index is 11.4. The summed E-state index contributed by atoms with van der Waals surface area (Å²) in [7, 11) is 2.32. The molecule has 2 N–H and O–H groups in total. The Balaban J connectivity index is 1.60. The minimum Gasteiger partial charge on any atom is -0.506 e. The van der Waals surface area contributed by atoms with E-state index in [1.54, 1.807) is 4.52 Å². The Hall–Kier alpha value is -2.93. The Bertz CT molecular complexity index is 980. The van der Waals surface area contributed by atoms with Gasteiger partial charge in [-0.05, 0) is 43.5 Å². The van der Waals surface area contributed by atoms with Gasteiger partial charge in [0.1, 0.15) is 17.2 Å². The van der Waals surface area contributed by atoms with Crippen LogP contribution in [0, 0.1) is 0 Å². The molecule has 1 fully saturated rings. The number of fused-ring (bicyclic) bond motifs is 1. The summed E-state index contributed by atoms with van der Waals surface area (Å²) in [6, 6.07) is 5.78. The molecule has 0 saturated carbocycles. The second kappa shape index (κ2) is 7.59. The average molecular weight is 380 g/mol. The number of aromatic nitrogens is 2. The summed E-state index contributed by atoms with van der Waals surface area (Å²) >= 11 is 0. The number of nitrogens with one attached hydrogen (secondary N) is 1. The number of anilines is 1. The molecule has 0 atom stereocenters. The highest BCUT2D eigenvalue weighted by atomic mass is 16.3. The van der Waals surface area contributed by atoms with Gasteiger partial charge in [0.15, 0.2) is 11.6 Å². The van der Waals surface area contributed by atoms with Crippen LogP contribution in [0.5, 0.6) is 0 Å². The first-order valence-electron chi connectivity index (χ1n) is 9.81. The number of carbonyl (C=O) groups excluding carboxylic acids is 1. The van der Waals surface area contributed by atoms with E-state index >= 15 is 0 Å². The third-order valence-corrected chi connectivity index (χ3v) is 5.53. The van der Waals surface area contributed by atoms with E-state index in [1.807, 2.05) is 24.4 Å². The van der Waals surface area contributed by atoms with Crippen molar-refractivity contribution in [2.75, 3.05) is 38.5 Å². The van der Waals surface area contributed by atoms with Gasteiger partial charge in [0.05, 0.1) is 38.7 Å². The summed E-state index contributed by atoms with van der Waals surface area (Å²) in [5, 5.41) is 18.2. The van der Waals surface area contributed by atoms with Crippen LogP contribution in [0.2, 0.25) is 0 Å².